The summed E-state index contributed by atoms with van der Waals surface area (Å²) in [6.07, 6.45) is 0.793. The molecule has 3 rings (SSSR count). The minimum absolute atomic E-state index is 0.0433. The highest BCUT2D eigenvalue weighted by Crippen LogP contribution is 2.29. The van der Waals surface area contributed by atoms with E-state index in [1.54, 1.807) is 30.3 Å². The molecule has 1 atom stereocenters. The number of aliphatic imine (C=N–C) groups is 1. The van der Waals surface area contributed by atoms with Gasteiger partial charge in [0.2, 0.25) is 5.91 Å². The number of carbonyl (C=O) groups excluding carboxylic acids is 1. The van der Waals surface area contributed by atoms with Gasteiger partial charge in [-0.1, -0.05) is 45.0 Å². The van der Waals surface area contributed by atoms with E-state index in [0.717, 1.165) is 5.56 Å². The van der Waals surface area contributed by atoms with Crippen LogP contribution in [0.2, 0.25) is 0 Å². The van der Waals surface area contributed by atoms with E-state index in [4.69, 9.17) is 0 Å². The van der Waals surface area contributed by atoms with Gasteiger partial charge in [-0.3, -0.25) is 14.5 Å². The van der Waals surface area contributed by atoms with Crippen LogP contribution in [-0.2, 0) is 14.8 Å². The summed E-state index contributed by atoms with van der Waals surface area (Å²) in [4.78, 5) is 17.0. The molecule has 0 saturated carbocycles. The van der Waals surface area contributed by atoms with E-state index in [1.807, 2.05) is 0 Å². The summed E-state index contributed by atoms with van der Waals surface area (Å²) in [6.45, 7) is 6.37. The molecule has 1 aliphatic rings. The lowest BCUT2D eigenvalue weighted by atomic mass is 9.85. The molecule has 2 aromatic carbocycles. The molecule has 0 spiro atoms. The van der Waals surface area contributed by atoms with E-state index in [1.165, 1.54) is 18.2 Å². The summed E-state index contributed by atoms with van der Waals surface area (Å²) < 4.78 is 39.9. The summed E-state index contributed by atoms with van der Waals surface area (Å²) in [7, 11) is -3.60. The van der Waals surface area contributed by atoms with Crippen LogP contribution in [0.4, 0.5) is 4.39 Å². The maximum absolute atomic E-state index is 13.3. The zero-order chi connectivity index (χ0) is 21.9. The van der Waals surface area contributed by atoms with Crippen molar-refractivity contribution in [2.75, 3.05) is 6.54 Å². The molecule has 0 fully saturated rings. The fourth-order valence-corrected chi connectivity index (χ4v) is 4.60. The fraction of sp³-hybridized carbons (Fsp3) is 0.364. The summed E-state index contributed by atoms with van der Waals surface area (Å²) >= 11 is 0. The van der Waals surface area contributed by atoms with Gasteiger partial charge in [-0.2, -0.15) is 0 Å². The zero-order valence-electron chi connectivity index (χ0n) is 17.3. The first kappa shape index (κ1) is 22.0. The van der Waals surface area contributed by atoms with Crippen LogP contribution >= 0.6 is 0 Å². The van der Waals surface area contributed by atoms with Gasteiger partial charge in [0.15, 0.2) is 0 Å². The quantitative estimate of drug-likeness (QED) is 0.733. The van der Waals surface area contributed by atoms with Crippen LogP contribution in [-0.4, -0.2) is 26.7 Å². The van der Waals surface area contributed by atoms with Crippen LogP contribution in [0.1, 0.15) is 50.8 Å². The molecule has 1 unspecified atom stereocenters. The van der Waals surface area contributed by atoms with Crippen molar-refractivity contribution in [2.45, 2.75) is 44.6 Å². The van der Waals surface area contributed by atoms with Crippen molar-refractivity contribution in [2.24, 2.45) is 10.4 Å². The van der Waals surface area contributed by atoms with Gasteiger partial charge >= 0.3 is 0 Å². The molecule has 0 bridgehead atoms. The van der Waals surface area contributed by atoms with E-state index in [9.17, 15) is 17.6 Å². The lowest BCUT2D eigenvalue weighted by Crippen LogP contribution is -2.31. The Balaban J connectivity index is 1.66. The average molecular weight is 432 g/mol. The average Bonchev–Trinajstić information content (AvgIpc) is 2.91. The predicted octanol–water partition coefficient (Wildman–Crippen LogP) is 3.55. The lowest BCUT2D eigenvalue weighted by molar-refractivity contribution is -0.121. The van der Waals surface area contributed by atoms with Crippen LogP contribution in [0.3, 0.4) is 0 Å². The first-order chi connectivity index (χ1) is 14.0. The van der Waals surface area contributed by atoms with Gasteiger partial charge in [0.25, 0.3) is 10.0 Å². The van der Waals surface area contributed by atoms with Gasteiger partial charge in [-0.15, -0.1) is 0 Å². The second-order valence-electron chi connectivity index (χ2n) is 8.52. The van der Waals surface area contributed by atoms with Crippen molar-refractivity contribution in [1.82, 2.24) is 10.0 Å². The number of nitrogens with one attached hydrogen (secondary N) is 2. The number of amides is 1. The van der Waals surface area contributed by atoms with Gasteiger partial charge < -0.3 is 5.32 Å². The predicted molar refractivity (Wildman–Crippen MR) is 114 cm³/mol. The minimum Gasteiger partial charge on any atom is -0.349 e. The third-order valence-electron chi connectivity index (χ3n) is 4.70. The lowest BCUT2D eigenvalue weighted by Gasteiger charge is -2.27. The molecule has 6 nitrogen and oxygen atoms in total. The molecule has 1 aliphatic heterocycles. The van der Waals surface area contributed by atoms with E-state index in [0.29, 0.717) is 12.0 Å². The van der Waals surface area contributed by atoms with Crippen molar-refractivity contribution in [3.63, 3.8) is 0 Å². The highest BCUT2D eigenvalue weighted by Gasteiger charge is 2.30. The monoisotopic (exact) mass is 431 g/mol. The number of fused-ring (bicyclic) bond motifs is 1. The molecule has 8 heteroatoms. The smallest absolute Gasteiger partial charge is 0.263 e. The molecule has 0 radical (unpaired) electrons. The first-order valence-corrected chi connectivity index (χ1v) is 11.2. The number of amidine groups is 1. The number of sulfonamides is 1. The van der Waals surface area contributed by atoms with E-state index in [2.05, 4.69) is 35.8 Å². The van der Waals surface area contributed by atoms with Crippen LogP contribution in [0.25, 0.3) is 0 Å². The topological polar surface area (TPSA) is 87.6 Å². The van der Waals surface area contributed by atoms with E-state index >= 15 is 0 Å². The minimum atomic E-state index is -3.60. The maximum Gasteiger partial charge on any atom is 0.263 e. The number of rotatable bonds is 6. The largest absolute Gasteiger partial charge is 0.349 e. The third-order valence-corrected chi connectivity index (χ3v) is 6.09. The Morgan fingerprint density at radius 3 is 2.47 bits per heavy atom. The highest BCUT2D eigenvalue weighted by atomic mass is 32.2. The summed E-state index contributed by atoms with van der Waals surface area (Å²) in [6, 6.07) is 12.5. The van der Waals surface area contributed by atoms with Crippen LogP contribution in [0.5, 0.6) is 0 Å². The van der Waals surface area contributed by atoms with Crippen LogP contribution < -0.4 is 10.0 Å². The molecular weight excluding hydrogens is 405 g/mol. The number of benzene rings is 2. The molecule has 0 aliphatic carbocycles. The van der Waals surface area contributed by atoms with Crippen LogP contribution in [0.15, 0.2) is 58.4 Å². The van der Waals surface area contributed by atoms with Gasteiger partial charge in [0, 0.05) is 12.0 Å². The van der Waals surface area contributed by atoms with Crippen LogP contribution in [0, 0.1) is 11.2 Å². The summed E-state index contributed by atoms with van der Waals surface area (Å²) in [5.74, 6) is -0.273. The summed E-state index contributed by atoms with van der Waals surface area (Å²) in [5.41, 5.74) is 1.30. The van der Waals surface area contributed by atoms with Gasteiger partial charge in [0.1, 0.15) is 11.7 Å². The molecule has 2 N–H and O–H groups in total. The van der Waals surface area contributed by atoms with E-state index < -0.39 is 10.0 Å². The molecule has 1 heterocycles. The van der Waals surface area contributed by atoms with Crippen molar-refractivity contribution in [3.8, 4) is 0 Å². The second kappa shape index (κ2) is 8.55. The molecule has 1 amide bonds. The molecule has 160 valence electrons. The Morgan fingerprint density at radius 1 is 1.13 bits per heavy atom. The molecule has 30 heavy (non-hydrogen) atoms. The Kier molecular flexibility index (Phi) is 6.26. The normalized spacial score (nSPS) is 17.3. The first-order valence-electron chi connectivity index (χ1n) is 9.77. The Bertz CT molecular complexity index is 1060. The molecule has 2 aromatic rings. The number of carbonyl (C=O) groups is 1. The second-order valence-corrected chi connectivity index (χ2v) is 10.2. The SMILES string of the molecule is CC(C)(C)CC(NC(=O)CCN=C1NS(=O)(=O)c2ccccc21)c1ccc(F)cc1. The van der Waals surface area contributed by atoms with E-state index in [-0.39, 0.29) is 46.9 Å². The maximum atomic E-state index is 13.3. The standard InChI is InChI=1S/C22H26FN3O3S/c1-22(2,3)14-18(15-8-10-16(23)11-9-15)25-20(27)12-13-24-21-17-6-4-5-7-19(17)30(28,29)26-21/h4-11,18H,12-14H2,1-3H3,(H,24,26)(H,25,27). The molecule has 0 saturated heterocycles. The van der Waals surface area contributed by atoms with Gasteiger partial charge in [-0.05, 0) is 41.7 Å². The number of hydrogen-bond acceptors (Lipinski definition) is 4. The molecule has 0 aromatic heterocycles. The van der Waals surface area contributed by atoms with Crippen molar-refractivity contribution in [1.29, 1.82) is 0 Å². The van der Waals surface area contributed by atoms with Gasteiger partial charge in [0.05, 0.1) is 17.5 Å². The number of nitrogens with zero attached hydrogens (tertiary/aromatic N) is 1. The highest BCUT2D eigenvalue weighted by molar-refractivity contribution is 7.90. The zero-order valence-corrected chi connectivity index (χ0v) is 18.1. The Labute approximate surface area is 176 Å². The third kappa shape index (κ3) is 5.44. The Hall–Kier alpha value is -2.74. The number of halogens is 1. The summed E-state index contributed by atoms with van der Waals surface area (Å²) in [5, 5.41) is 3.00. The number of hydrogen-bond donors (Lipinski definition) is 2. The van der Waals surface area contributed by atoms with Crippen molar-refractivity contribution < 1.29 is 17.6 Å². The molecular formula is C22H26FN3O3S. The van der Waals surface area contributed by atoms with Gasteiger partial charge in [-0.25, -0.2) is 12.8 Å². The van der Waals surface area contributed by atoms with Crippen molar-refractivity contribution >= 4 is 21.8 Å². The van der Waals surface area contributed by atoms with Crippen molar-refractivity contribution in [3.05, 3.63) is 65.5 Å². The Morgan fingerprint density at radius 2 is 1.80 bits per heavy atom. The fourth-order valence-electron chi connectivity index (χ4n) is 3.35.